The number of hydrogen-bond donors (Lipinski definition) is 1. The topological polar surface area (TPSA) is 49.4 Å². The van der Waals surface area contributed by atoms with Crippen LogP contribution in [-0.2, 0) is 16.0 Å². The Hall–Kier alpha value is -2.40. The van der Waals surface area contributed by atoms with Crippen molar-refractivity contribution < 1.29 is 14.0 Å². The second-order valence-electron chi connectivity index (χ2n) is 6.09. The largest absolute Gasteiger partial charge is 0.342 e. The van der Waals surface area contributed by atoms with Gasteiger partial charge in [0.05, 0.1) is 11.6 Å². The number of hydrogen-bond acceptors (Lipinski definition) is 2. The third-order valence-corrected chi connectivity index (χ3v) is 4.52. The van der Waals surface area contributed by atoms with Gasteiger partial charge in [-0.15, -0.1) is 0 Å². The van der Waals surface area contributed by atoms with Gasteiger partial charge in [-0.3, -0.25) is 9.59 Å². The fourth-order valence-electron chi connectivity index (χ4n) is 2.90. The molecule has 1 saturated heterocycles. The minimum absolute atomic E-state index is 0.0485. The van der Waals surface area contributed by atoms with Crippen LogP contribution in [0.4, 0.5) is 10.1 Å². The van der Waals surface area contributed by atoms with Gasteiger partial charge in [0.25, 0.3) is 0 Å². The Morgan fingerprint density at radius 2 is 2.00 bits per heavy atom. The van der Waals surface area contributed by atoms with E-state index >= 15 is 0 Å². The van der Waals surface area contributed by atoms with Crippen molar-refractivity contribution in [3.63, 3.8) is 0 Å². The van der Waals surface area contributed by atoms with Crippen molar-refractivity contribution in [1.82, 2.24) is 4.90 Å². The van der Waals surface area contributed by atoms with E-state index < -0.39 is 11.7 Å². The summed E-state index contributed by atoms with van der Waals surface area (Å²) in [6.07, 6.45) is 0.891. The molecule has 0 radical (unpaired) electrons. The van der Waals surface area contributed by atoms with Crippen molar-refractivity contribution in [2.45, 2.75) is 12.8 Å². The van der Waals surface area contributed by atoms with Crippen LogP contribution in [0.1, 0.15) is 12.0 Å². The van der Waals surface area contributed by atoms with Crippen molar-refractivity contribution in [1.29, 1.82) is 0 Å². The zero-order chi connectivity index (χ0) is 17.8. The number of benzene rings is 2. The highest BCUT2D eigenvalue weighted by atomic mass is 35.5. The molecule has 130 valence electrons. The first-order valence-corrected chi connectivity index (χ1v) is 8.48. The molecular weight excluding hydrogens is 343 g/mol. The first-order valence-electron chi connectivity index (χ1n) is 8.10. The van der Waals surface area contributed by atoms with Crippen molar-refractivity contribution in [3.8, 4) is 0 Å². The number of likely N-dealkylation sites (tertiary alicyclic amines) is 1. The van der Waals surface area contributed by atoms with Crippen LogP contribution in [0.25, 0.3) is 0 Å². The maximum absolute atomic E-state index is 13.8. The molecule has 0 aliphatic carbocycles. The van der Waals surface area contributed by atoms with E-state index in [0.717, 1.165) is 18.1 Å². The van der Waals surface area contributed by atoms with E-state index in [9.17, 15) is 14.0 Å². The van der Waals surface area contributed by atoms with Crippen LogP contribution in [0.5, 0.6) is 0 Å². The van der Waals surface area contributed by atoms with Gasteiger partial charge in [0.1, 0.15) is 5.82 Å². The molecule has 2 amide bonds. The van der Waals surface area contributed by atoms with Gasteiger partial charge < -0.3 is 10.2 Å². The zero-order valence-electron chi connectivity index (χ0n) is 13.5. The van der Waals surface area contributed by atoms with E-state index in [0.29, 0.717) is 13.1 Å². The monoisotopic (exact) mass is 360 g/mol. The van der Waals surface area contributed by atoms with Gasteiger partial charge in [-0.05, 0) is 30.2 Å². The molecule has 2 aromatic rings. The van der Waals surface area contributed by atoms with E-state index in [4.69, 9.17) is 11.6 Å². The SMILES string of the molecule is O=C(Nc1ccc(Cl)cc1F)[C@H]1CC(=O)N(CCc2ccccc2)C1. The summed E-state index contributed by atoms with van der Waals surface area (Å²) in [6, 6.07) is 13.9. The third kappa shape index (κ3) is 4.37. The smallest absolute Gasteiger partial charge is 0.229 e. The second kappa shape index (κ2) is 7.66. The number of nitrogens with zero attached hydrogens (tertiary/aromatic N) is 1. The number of carbonyl (C=O) groups excluding carboxylic acids is 2. The highest BCUT2D eigenvalue weighted by molar-refractivity contribution is 6.30. The number of anilines is 1. The lowest BCUT2D eigenvalue weighted by Gasteiger charge is -2.16. The number of amides is 2. The summed E-state index contributed by atoms with van der Waals surface area (Å²) in [6.45, 7) is 0.925. The van der Waals surface area contributed by atoms with Crippen LogP contribution in [0.2, 0.25) is 5.02 Å². The standard InChI is InChI=1S/C19H18ClFN2O2/c20-15-6-7-17(16(21)11-15)22-19(25)14-10-18(24)23(12-14)9-8-13-4-2-1-3-5-13/h1-7,11,14H,8-10,12H2,(H,22,25)/t14-/m0/s1. The molecule has 4 nitrogen and oxygen atoms in total. The van der Waals surface area contributed by atoms with E-state index in [-0.39, 0.29) is 28.9 Å². The number of halogens is 2. The van der Waals surface area contributed by atoms with Gasteiger partial charge in [-0.25, -0.2) is 4.39 Å². The Morgan fingerprint density at radius 1 is 1.24 bits per heavy atom. The molecule has 1 heterocycles. The molecule has 0 saturated carbocycles. The van der Waals surface area contributed by atoms with Crippen LogP contribution < -0.4 is 5.32 Å². The van der Waals surface area contributed by atoms with E-state index in [1.165, 1.54) is 12.1 Å². The Balaban J connectivity index is 1.57. The predicted molar refractivity (Wildman–Crippen MR) is 94.9 cm³/mol. The van der Waals surface area contributed by atoms with E-state index in [1.807, 2.05) is 30.3 Å². The highest BCUT2D eigenvalue weighted by Crippen LogP contribution is 2.23. The number of carbonyl (C=O) groups is 2. The van der Waals surface area contributed by atoms with E-state index in [1.54, 1.807) is 4.90 Å². The maximum Gasteiger partial charge on any atom is 0.229 e. The first-order chi connectivity index (χ1) is 12.0. The van der Waals surface area contributed by atoms with Crippen LogP contribution in [0.3, 0.4) is 0 Å². The van der Waals surface area contributed by atoms with Gasteiger partial charge in [-0.2, -0.15) is 0 Å². The van der Waals surface area contributed by atoms with Gasteiger partial charge in [0, 0.05) is 24.5 Å². The molecule has 0 unspecified atom stereocenters. The number of rotatable bonds is 5. The van der Waals surface area contributed by atoms with Crippen molar-refractivity contribution in [3.05, 3.63) is 64.9 Å². The second-order valence-corrected chi connectivity index (χ2v) is 6.53. The lowest BCUT2D eigenvalue weighted by atomic mass is 10.1. The zero-order valence-corrected chi connectivity index (χ0v) is 14.3. The summed E-state index contributed by atoms with van der Waals surface area (Å²) in [5.41, 5.74) is 1.22. The van der Waals surface area contributed by atoms with Gasteiger partial charge in [0.15, 0.2) is 0 Å². The molecule has 1 aliphatic rings. The Kier molecular flexibility index (Phi) is 5.34. The van der Waals surface area contributed by atoms with Crippen LogP contribution >= 0.6 is 11.6 Å². The summed E-state index contributed by atoms with van der Waals surface area (Å²) in [5, 5.41) is 2.81. The molecule has 0 bridgehead atoms. The first kappa shape index (κ1) is 17.4. The van der Waals surface area contributed by atoms with Gasteiger partial charge >= 0.3 is 0 Å². The molecule has 6 heteroatoms. The fourth-order valence-corrected chi connectivity index (χ4v) is 3.06. The van der Waals surface area contributed by atoms with Gasteiger partial charge in [-0.1, -0.05) is 41.9 Å². The van der Waals surface area contributed by atoms with Crippen LogP contribution in [0.15, 0.2) is 48.5 Å². The summed E-state index contributed by atoms with van der Waals surface area (Å²) in [4.78, 5) is 26.1. The lowest BCUT2D eigenvalue weighted by molar-refractivity contribution is -0.128. The molecular formula is C19H18ClFN2O2. The lowest BCUT2D eigenvalue weighted by Crippen LogP contribution is -2.30. The summed E-state index contributed by atoms with van der Waals surface area (Å²) in [7, 11) is 0. The molecule has 0 aromatic heterocycles. The summed E-state index contributed by atoms with van der Waals surface area (Å²) in [5.74, 6) is -1.46. The Morgan fingerprint density at radius 3 is 2.72 bits per heavy atom. The third-order valence-electron chi connectivity index (χ3n) is 4.29. The number of nitrogens with one attached hydrogen (secondary N) is 1. The molecule has 1 N–H and O–H groups in total. The maximum atomic E-state index is 13.8. The highest BCUT2D eigenvalue weighted by Gasteiger charge is 2.34. The molecule has 0 spiro atoms. The average molecular weight is 361 g/mol. The molecule has 1 fully saturated rings. The molecule has 2 aromatic carbocycles. The average Bonchev–Trinajstić information content (AvgIpc) is 2.97. The normalized spacial score (nSPS) is 17.0. The van der Waals surface area contributed by atoms with Gasteiger partial charge in [0.2, 0.25) is 11.8 Å². The van der Waals surface area contributed by atoms with E-state index in [2.05, 4.69) is 5.32 Å². The molecule has 3 rings (SSSR count). The van der Waals surface area contributed by atoms with Crippen molar-refractivity contribution in [2.24, 2.45) is 5.92 Å². The molecule has 1 atom stereocenters. The van der Waals surface area contributed by atoms with Crippen molar-refractivity contribution >= 4 is 29.1 Å². The predicted octanol–water partition coefficient (Wildman–Crippen LogP) is 3.51. The van der Waals surface area contributed by atoms with Crippen molar-refractivity contribution in [2.75, 3.05) is 18.4 Å². The fraction of sp³-hybridized carbons (Fsp3) is 0.263. The summed E-state index contributed by atoms with van der Waals surface area (Å²) < 4.78 is 13.8. The minimum atomic E-state index is -0.592. The van der Waals surface area contributed by atoms with Crippen LogP contribution in [0, 0.1) is 11.7 Å². The summed E-state index contributed by atoms with van der Waals surface area (Å²) >= 11 is 5.70. The Labute approximate surface area is 150 Å². The quantitative estimate of drug-likeness (QED) is 0.887. The molecule has 1 aliphatic heterocycles. The van der Waals surface area contributed by atoms with Crippen LogP contribution in [-0.4, -0.2) is 29.8 Å². The Bertz CT molecular complexity index is 782. The molecule has 25 heavy (non-hydrogen) atoms. The minimum Gasteiger partial charge on any atom is -0.342 e.